The number of hydrogen-bond acceptors (Lipinski definition) is 4. The number of amides is 1. The predicted molar refractivity (Wildman–Crippen MR) is 79.2 cm³/mol. The number of carbonyl (C=O) groups excluding carboxylic acids is 1. The molecule has 1 atom stereocenters. The summed E-state index contributed by atoms with van der Waals surface area (Å²) in [7, 11) is 0. The molecular weight excluding hydrogens is 270 g/mol. The van der Waals surface area contributed by atoms with E-state index in [4.69, 9.17) is 5.73 Å². The van der Waals surface area contributed by atoms with Gasteiger partial charge in [0.25, 0.3) is 5.91 Å². The molecule has 1 aliphatic heterocycles. The van der Waals surface area contributed by atoms with E-state index in [1.807, 2.05) is 11.8 Å². The molecule has 0 radical (unpaired) electrons. The summed E-state index contributed by atoms with van der Waals surface area (Å²) in [6, 6.07) is 5.07. The summed E-state index contributed by atoms with van der Waals surface area (Å²) in [5.41, 5.74) is 4.73. The van der Waals surface area contributed by atoms with Crippen LogP contribution in [-0.2, 0) is 4.79 Å². The maximum atomic E-state index is 11.7. The first-order valence-electron chi connectivity index (χ1n) is 7.24. The number of aliphatic carboxylic acids is 1. The zero-order chi connectivity index (χ0) is 15.5. The Morgan fingerprint density at radius 2 is 2.24 bits per heavy atom. The molecule has 2 rings (SSSR count). The van der Waals surface area contributed by atoms with Gasteiger partial charge in [-0.3, -0.25) is 9.59 Å². The van der Waals surface area contributed by atoms with Gasteiger partial charge in [-0.15, -0.1) is 0 Å². The van der Waals surface area contributed by atoms with Gasteiger partial charge in [0, 0.05) is 13.1 Å². The minimum atomic E-state index is -0.750. The van der Waals surface area contributed by atoms with Crippen LogP contribution in [-0.4, -0.2) is 35.1 Å². The lowest BCUT2D eigenvalue weighted by atomic mass is 9.76. The third kappa shape index (κ3) is 3.15. The highest BCUT2D eigenvalue weighted by atomic mass is 16.4. The van der Waals surface area contributed by atoms with E-state index in [1.54, 1.807) is 18.2 Å². The minimum Gasteiger partial charge on any atom is -0.481 e. The van der Waals surface area contributed by atoms with Crippen LogP contribution in [0.5, 0.6) is 0 Å². The van der Waals surface area contributed by atoms with Gasteiger partial charge in [-0.05, 0) is 31.4 Å². The molecule has 1 aromatic rings. The predicted octanol–water partition coefficient (Wildman–Crippen LogP) is 1.65. The van der Waals surface area contributed by atoms with Crippen molar-refractivity contribution in [2.24, 2.45) is 11.1 Å². The zero-order valence-corrected chi connectivity index (χ0v) is 12.2. The molecular formula is C15H21N3O3. The summed E-state index contributed by atoms with van der Waals surface area (Å²) in [6.07, 6.45) is 2.96. The van der Waals surface area contributed by atoms with E-state index in [0.29, 0.717) is 25.2 Å². The minimum absolute atomic E-state index is 0.203. The highest BCUT2D eigenvalue weighted by Gasteiger charge is 2.41. The Balaban J connectivity index is 2.26. The van der Waals surface area contributed by atoms with E-state index in [0.717, 1.165) is 19.4 Å². The van der Waals surface area contributed by atoms with Crippen molar-refractivity contribution in [3.8, 4) is 0 Å². The Morgan fingerprint density at radius 1 is 1.48 bits per heavy atom. The maximum absolute atomic E-state index is 11.7. The molecule has 114 valence electrons. The van der Waals surface area contributed by atoms with Crippen LogP contribution in [0, 0.1) is 5.41 Å². The molecule has 1 aromatic heterocycles. The van der Waals surface area contributed by atoms with Crippen molar-refractivity contribution in [3.05, 3.63) is 23.9 Å². The number of nitrogens with zero attached hydrogens (tertiary/aromatic N) is 2. The van der Waals surface area contributed by atoms with E-state index in [-0.39, 0.29) is 5.69 Å². The van der Waals surface area contributed by atoms with Crippen LogP contribution in [0.2, 0.25) is 0 Å². The zero-order valence-electron chi connectivity index (χ0n) is 12.2. The van der Waals surface area contributed by atoms with E-state index in [1.165, 1.54) is 0 Å². The van der Waals surface area contributed by atoms with E-state index >= 15 is 0 Å². The van der Waals surface area contributed by atoms with E-state index in [9.17, 15) is 14.7 Å². The van der Waals surface area contributed by atoms with Gasteiger partial charge in [-0.2, -0.15) is 0 Å². The van der Waals surface area contributed by atoms with Gasteiger partial charge in [0.1, 0.15) is 11.5 Å². The number of carboxylic acid groups (broad SMARTS) is 1. The Morgan fingerprint density at radius 3 is 2.86 bits per heavy atom. The lowest BCUT2D eigenvalue weighted by Gasteiger charge is -2.40. The summed E-state index contributed by atoms with van der Waals surface area (Å²) >= 11 is 0. The molecule has 1 saturated heterocycles. The number of anilines is 1. The molecule has 0 aromatic carbocycles. The molecule has 1 fully saturated rings. The van der Waals surface area contributed by atoms with Crippen molar-refractivity contribution in [1.29, 1.82) is 0 Å². The van der Waals surface area contributed by atoms with Crippen LogP contribution in [0.3, 0.4) is 0 Å². The van der Waals surface area contributed by atoms with Crippen molar-refractivity contribution >= 4 is 17.7 Å². The number of piperidine rings is 1. The highest BCUT2D eigenvalue weighted by Crippen LogP contribution is 2.36. The molecule has 1 unspecified atom stereocenters. The number of carboxylic acids is 1. The largest absolute Gasteiger partial charge is 0.481 e. The Kier molecular flexibility index (Phi) is 4.45. The monoisotopic (exact) mass is 291 g/mol. The van der Waals surface area contributed by atoms with Crippen LogP contribution in [0.1, 0.15) is 43.1 Å². The maximum Gasteiger partial charge on any atom is 0.311 e. The number of hydrogen-bond donors (Lipinski definition) is 2. The molecule has 1 aliphatic rings. The number of aromatic nitrogens is 1. The lowest BCUT2D eigenvalue weighted by molar-refractivity contribution is -0.150. The second kappa shape index (κ2) is 6.11. The summed E-state index contributed by atoms with van der Waals surface area (Å²) in [6.45, 7) is 3.16. The molecule has 2 heterocycles. The van der Waals surface area contributed by atoms with Crippen molar-refractivity contribution in [2.75, 3.05) is 18.0 Å². The van der Waals surface area contributed by atoms with Gasteiger partial charge in [0.15, 0.2) is 0 Å². The van der Waals surface area contributed by atoms with Crippen molar-refractivity contribution in [3.63, 3.8) is 0 Å². The molecule has 3 N–H and O–H groups in total. The SMILES string of the molecule is CCCC1(C(=O)O)CCCN(c2cccc(C(N)=O)n2)C1. The van der Waals surface area contributed by atoms with Gasteiger partial charge in [0.05, 0.1) is 5.41 Å². The first-order valence-corrected chi connectivity index (χ1v) is 7.24. The van der Waals surface area contributed by atoms with Gasteiger partial charge in [-0.1, -0.05) is 19.4 Å². The quantitative estimate of drug-likeness (QED) is 0.860. The van der Waals surface area contributed by atoms with Crippen LogP contribution >= 0.6 is 0 Å². The number of carbonyl (C=O) groups is 2. The van der Waals surface area contributed by atoms with E-state index < -0.39 is 17.3 Å². The molecule has 6 nitrogen and oxygen atoms in total. The molecule has 0 aliphatic carbocycles. The first kappa shape index (κ1) is 15.3. The van der Waals surface area contributed by atoms with Crippen LogP contribution in [0.25, 0.3) is 0 Å². The lowest BCUT2D eigenvalue weighted by Crippen LogP contribution is -2.48. The molecule has 0 spiro atoms. The summed E-state index contributed by atoms with van der Waals surface area (Å²) < 4.78 is 0. The number of pyridine rings is 1. The summed E-state index contributed by atoms with van der Waals surface area (Å²) in [5.74, 6) is -0.709. The smallest absolute Gasteiger partial charge is 0.311 e. The van der Waals surface area contributed by atoms with Crippen LogP contribution in [0.4, 0.5) is 5.82 Å². The summed E-state index contributed by atoms with van der Waals surface area (Å²) in [4.78, 5) is 29.1. The van der Waals surface area contributed by atoms with Crippen molar-refractivity contribution in [2.45, 2.75) is 32.6 Å². The summed E-state index contributed by atoms with van der Waals surface area (Å²) in [5, 5.41) is 9.61. The van der Waals surface area contributed by atoms with Crippen molar-refractivity contribution in [1.82, 2.24) is 4.98 Å². The molecule has 6 heteroatoms. The van der Waals surface area contributed by atoms with Crippen LogP contribution < -0.4 is 10.6 Å². The normalized spacial score (nSPS) is 22.0. The Hall–Kier alpha value is -2.11. The average Bonchev–Trinajstić information content (AvgIpc) is 2.48. The second-order valence-corrected chi connectivity index (χ2v) is 5.61. The second-order valence-electron chi connectivity index (χ2n) is 5.61. The topological polar surface area (TPSA) is 96.5 Å². The van der Waals surface area contributed by atoms with Crippen LogP contribution in [0.15, 0.2) is 18.2 Å². The first-order chi connectivity index (χ1) is 9.98. The Bertz CT molecular complexity index is 543. The van der Waals surface area contributed by atoms with E-state index in [2.05, 4.69) is 4.98 Å². The number of primary amides is 1. The van der Waals surface area contributed by atoms with Gasteiger partial charge >= 0.3 is 5.97 Å². The fourth-order valence-corrected chi connectivity index (χ4v) is 3.03. The fraction of sp³-hybridized carbons (Fsp3) is 0.533. The van der Waals surface area contributed by atoms with Crippen molar-refractivity contribution < 1.29 is 14.7 Å². The molecule has 0 saturated carbocycles. The average molecular weight is 291 g/mol. The molecule has 0 bridgehead atoms. The van der Waals surface area contributed by atoms with Gasteiger partial charge in [0.2, 0.25) is 0 Å². The number of rotatable bonds is 5. The highest BCUT2D eigenvalue weighted by molar-refractivity contribution is 5.91. The molecule has 21 heavy (non-hydrogen) atoms. The third-order valence-electron chi connectivity index (χ3n) is 4.07. The fourth-order valence-electron chi connectivity index (χ4n) is 3.03. The van der Waals surface area contributed by atoms with Gasteiger partial charge in [-0.25, -0.2) is 4.98 Å². The number of nitrogens with two attached hydrogens (primary N) is 1. The Labute approximate surface area is 124 Å². The standard InChI is InChI=1S/C15H21N3O3/c1-2-7-15(14(20)21)8-4-9-18(10-15)12-6-3-5-11(17-12)13(16)19/h3,5-6H,2,4,7-10H2,1H3,(H2,16,19)(H,20,21). The van der Waals surface area contributed by atoms with Gasteiger partial charge < -0.3 is 15.7 Å². The third-order valence-corrected chi connectivity index (χ3v) is 4.07. The molecule has 1 amide bonds.